The van der Waals surface area contributed by atoms with E-state index in [9.17, 15) is 18.0 Å². The lowest BCUT2D eigenvalue weighted by Crippen LogP contribution is -2.55. The maximum Gasteiger partial charge on any atom is 0.267 e. The molecule has 2 aliphatic heterocycles. The summed E-state index contributed by atoms with van der Waals surface area (Å²) in [6.07, 6.45) is 0.251. The fourth-order valence-corrected chi connectivity index (χ4v) is 5.86. The van der Waals surface area contributed by atoms with Crippen LogP contribution in [-0.4, -0.2) is 61.7 Å². The summed E-state index contributed by atoms with van der Waals surface area (Å²) in [7, 11) is -4.08. The Morgan fingerprint density at radius 1 is 1.03 bits per heavy atom. The third kappa shape index (κ3) is 4.27. The van der Waals surface area contributed by atoms with Crippen LogP contribution < -0.4 is 4.90 Å². The van der Waals surface area contributed by atoms with Gasteiger partial charge in [-0.05, 0) is 43.7 Å². The highest BCUT2D eigenvalue weighted by molar-refractivity contribution is 7.89. The summed E-state index contributed by atoms with van der Waals surface area (Å²) in [4.78, 5) is 29.5. The van der Waals surface area contributed by atoms with Crippen LogP contribution in [0.4, 0.5) is 5.69 Å². The molecule has 2 heterocycles. The lowest BCUT2D eigenvalue weighted by Gasteiger charge is -2.38. The Hall–Kier alpha value is -2.58. The molecular formula is C22H24ClN3O4S. The van der Waals surface area contributed by atoms with Gasteiger partial charge in [0.2, 0.25) is 11.8 Å². The SMILES string of the molecule is Cc1ccc(S(=O)(=O)N2C(=O)CC[C@@H]2C(=O)N2CCN(c3cccc(Cl)c3)CC2)cc1. The van der Waals surface area contributed by atoms with Crippen LogP contribution in [0.5, 0.6) is 0 Å². The summed E-state index contributed by atoms with van der Waals surface area (Å²) < 4.78 is 27.1. The third-order valence-corrected chi connectivity index (χ3v) is 7.87. The lowest BCUT2D eigenvalue weighted by atomic mass is 10.1. The van der Waals surface area contributed by atoms with Crippen molar-refractivity contribution in [1.29, 1.82) is 0 Å². The second-order valence-corrected chi connectivity index (χ2v) is 10.1. The van der Waals surface area contributed by atoms with Crippen LogP contribution in [0.25, 0.3) is 0 Å². The van der Waals surface area contributed by atoms with Crippen LogP contribution in [0.1, 0.15) is 18.4 Å². The Morgan fingerprint density at radius 3 is 2.35 bits per heavy atom. The number of nitrogens with zero attached hydrogens (tertiary/aromatic N) is 3. The number of hydrogen-bond donors (Lipinski definition) is 0. The Kier molecular flexibility index (Phi) is 5.94. The highest BCUT2D eigenvalue weighted by atomic mass is 35.5. The van der Waals surface area contributed by atoms with Crippen LogP contribution >= 0.6 is 11.6 Å². The average molecular weight is 462 g/mol. The molecule has 7 nitrogen and oxygen atoms in total. The molecule has 2 aromatic rings. The van der Waals surface area contributed by atoms with E-state index in [1.807, 2.05) is 31.2 Å². The number of sulfonamides is 1. The first-order valence-corrected chi connectivity index (χ1v) is 12.0. The Balaban J connectivity index is 1.49. The number of carbonyl (C=O) groups is 2. The van der Waals surface area contributed by atoms with Crippen molar-refractivity contribution in [3.63, 3.8) is 0 Å². The summed E-state index contributed by atoms with van der Waals surface area (Å²) in [5.41, 5.74) is 1.90. The van der Waals surface area contributed by atoms with Gasteiger partial charge in [0, 0.05) is 43.3 Å². The van der Waals surface area contributed by atoms with Crippen LogP contribution in [0.3, 0.4) is 0 Å². The van der Waals surface area contributed by atoms with Gasteiger partial charge in [0.25, 0.3) is 10.0 Å². The number of aryl methyl sites for hydroxylation is 1. The van der Waals surface area contributed by atoms with Crippen molar-refractivity contribution in [3.8, 4) is 0 Å². The van der Waals surface area contributed by atoms with Crippen molar-refractivity contribution in [2.45, 2.75) is 30.7 Å². The second-order valence-electron chi connectivity index (χ2n) is 7.85. The minimum atomic E-state index is -4.08. The van der Waals surface area contributed by atoms with Gasteiger partial charge in [-0.1, -0.05) is 35.4 Å². The Morgan fingerprint density at radius 2 is 1.71 bits per heavy atom. The van der Waals surface area contributed by atoms with Crippen LogP contribution in [0, 0.1) is 6.92 Å². The highest BCUT2D eigenvalue weighted by Gasteiger charge is 2.45. The summed E-state index contributed by atoms with van der Waals surface area (Å²) in [6.45, 7) is 3.98. The molecule has 0 spiro atoms. The first kappa shape index (κ1) is 21.6. The van der Waals surface area contributed by atoms with Gasteiger partial charge in [-0.25, -0.2) is 12.7 Å². The first-order chi connectivity index (χ1) is 14.8. The van der Waals surface area contributed by atoms with Gasteiger partial charge in [-0.3, -0.25) is 9.59 Å². The zero-order valence-corrected chi connectivity index (χ0v) is 18.8. The number of piperazine rings is 1. The minimum absolute atomic E-state index is 0.0249. The lowest BCUT2D eigenvalue weighted by molar-refractivity contribution is -0.138. The van der Waals surface area contributed by atoms with Crippen molar-refractivity contribution < 1.29 is 18.0 Å². The number of hydrogen-bond acceptors (Lipinski definition) is 5. The molecule has 31 heavy (non-hydrogen) atoms. The van der Waals surface area contributed by atoms with E-state index in [2.05, 4.69) is 4.90 Å². The van der Waals surface area contributed by atoms with Crippen molar-refractivity contribution in [2.24, 2.45) is 0 Å². The molecule has 4 rings (SSSR count). The monoisotopic (exact) mass is 461 g/mol. The van der Waals surface area contributed by atoms with Crippen molar-refractivity contribution in [3.05, 3.63) is 59.1 Å². The standard InChI is InChI=1S/C22H24ClN3O4S/c1-16-5-7-19(8-6-16)31(29,30)26-20(9-10-21(26)27)22(28)25-13-11-24(12-14-25)18-4-2-3-17(23)15-18/h2-8,15,20H,9-14H2,1H3/t20-/m1/s1. The predicted molar refractivity (Wildman–Crippen MR) is 118 cm³/mol. The fraction of sp³-hybridized carbons (Fsp3) is 0.364. The van der Waals surface area contributed by atoms with Crippen molar-refractivity contribution >= 4 is 39.1 Å². The van der Waals surface area contributed by atoms with E-state index in [4.69, 9.17) is 11.6 Å². The molecule has 0 aromatic heterocycles. The average Bonchev–Trinajstić information content (AvgIpc) is 3.16. The predicted octanol–water partition coefficient (Wildman–Crippen LogP) is 2.68. The fourth-order valence-electron chi connectivity index (χ4n) is 4.08. The molecule has 2 fully saturated rings. The van der Waals surface area contributed by atoms with Gasteiger partial charge in [-0.15, -0.1) is 0 Å². The van der Waals surface area contributed by atoms with Crippen LogP contribution in [0.15, 0.2) is 53.4 Å². The molecule has 2 amide bonds. The number of rotatable bonds is 4. The molecule has 0 radical (unpaired) electrons. The molecule has 0 aliphatic carbocycles. The van der Waals surface area contributed by atoms with E-state index in [1.54, 1.807) is 17.0 Å². The maximum atomic E-state index is 13.2. The second kappa shape index (κ2) is 8.51. The van der Waals surface area contributed by atoms with E-state index in [0.29, 0.717) is 31.2 Å². The van der Waals surface area contributed by atoms with Crippen molar-refractivity contribution in [2.75, 3.05) is 31.1 Å². The van der Waals surface area contributed by atoms with Gasteiger partial charge in [0.15, 0.2) is 0 Å². The Labute approximate surface area is 187 Å². The molecule has 164 valence electrons. The van der Waals surface area contributed by atoms with Crippen LogP contribution in [-0.2, 0) is 19.6 Å². The van der Waals surface area contributed by atoms with E-state index in [-0.39, 0.29) is 23.6 Å². The quantitative estimate of drug-likeness (QED) is 0.699. The van der Waals surface area contributed by atoms with E-state index >= 15 is 0 Å². The summed E-state index contributed by atoms with van der Waals surface area (Å²) in [5.74, 6) is -0.844. The summed E-state index contributed by atoms with van der Waals surface area (Å²) in [5, 5.41) is 0.650. The normalized spacial score (nSPS) is 19.7. The van der Waals surface area contributed by atoms with E-state index in [0.717, 1.165) is 15.6 Å². The molecule has 2 aliphatic rings. The number of benzene rings is 2. The Bertz CT molecular complexity index is 1100. The first-order valence-electron chi connectivity index (χ1n) is 10.2. The van der Waals surface area contributed by atoms with E-state index in [1.165, 1.54) is 12.1 Å². The molecule has 9 heteroatoms. The topological polar surface area (TPSA) is 78.0 Å². The number of anilines is 1. The molecule has 0 saturated carbocycles. The largest absolute Gasteiger partial charge is 0.368 e. The molecule has 2 saturated heterocycles. The smallest absolute Gasteiger partial charge is 0.267 e. The minimum Gasteiger partial charge on any atom is -0.368 e. The molecule has 2 aromatic carbocycles. The number of amides is 2. The molecule has 0 unspecified atom stereocenters. The van der Waals surface area contributed by atoms with Gasteiger partial charge in [-0.2, -0.15) is 0 Å². The molecule has 1 atom stereocenters. The molecule has 0 N–H and O–H groups in total. The zero-order chi connectivity index (χ0) is 22.2. The molecular weight excluding hydrogens is 438 g/mol. The van der Waals surface area contributed by atoms with Gasteiger partial charge in [0.1, 0.15) is 6.04 Å². The van der Waals surface area contributed by atoms with Crippen molar-refractivity contribution in [1.82, 2.24) is 9.21 Å². The maximum absolute atomic E-state index is 13.2. The van der Waals surface area contributed by atoms with Crippen LogP contribution in [0.2, 0.25) is 5.02 Å². The van der Waals surface area contributed by atoms with Gasteiger partial charge < -0.3 is 9.80 Å². The molecule has 0 bridgehead atoms. The zero-order valence-electron chi connectivity index (χ0n) is 17.2. The summed E-state index contributed by atoms with van der Waals surface area (Å²) >= 11 is 6.08. The summed E-state index contributed by atoms with van der Waals surface area (Å²) in [6, 6.07) is 12.9. The highest BCUT2D eigenvalue weighted by Crippen LogP contribution is 2.29. The number of halogens is 1. The van der Waals surface area contributed by atoms with Gasteiger partial charge in [0.05, 0.1) is 4.90 Å². The third-order valence-electron chi connectivity index (χ3n) is 5.79. The van der Waals surface area contributed by atoms with E-state index < -0.39 is 22.0 Å². The van der Waals surface area contributed by atoms with Gasteiger partial charge >= 0.3 is 0 Å². The number of carbonyl (C=O) groups excluding carboxylic acids is 2.